The molecule has 2 atom stereocenters. The lowest BCUT2D eigenvalue weighted by molar-refractivity contribution is -0.0102. The Morgan fingerprint density at radius 3 is 1.12 bits per heavy atom. The molecule has 2 heterocycles. The topological polar surface area (TPSA) is 283 Å². The van der Waals surface area contributed by atoms with Crippen molar-refractivity contribution < 1.29 is 57.0 Å². The molecule has 4 amide bonds. The minimum absolute atomic E-state index is 0.0955. The van der Waals surface area contributed by atoms with Gasteiger partial charge in [0.05, 0.1) is 145 Å². The van der Waals surface area contributed by atoms with E-state index in [1.54, 1.807) is 24.6 Å². The van der Waals surface area contributed by atoms with Crippen molar-refractivity contribution in [2.75, 3.05) is 199 Å². The fourth-order valence-electron chi connectivity index (χ4n) is 10.2. The summed E-state index contributed by atoms with van der Waals surface area (Å²) < 4.78 is 55.8. The Morgan fingerprint density at radius 1 is 0.457 bits per heavy atom. The molecule has 4 aromatic rings. The van der Waals surface area contributed by atoms with Gasteiger partial charge >= 0.3 is 12.1 Å². The van der Waals surface area contributed by atoms with Crippen molar-refractivity contribution in [1.29, 1.82) is 0 Å². The van der Waals surface area contributed by atoms with Crippen LogP contribution in [0.3, 0.4) is 0 Å². The molecule has 0 saturated carbocycles. The summed E-state index contributed by atoms with van der Waals surface area (Å²) in [4.78, 5) is 37.6. The van der Waals surface area contributed by atoms with Gasteiger partial charge in [0.15, 0.2) is 0 Å². The predicted molar refractivity (Wildman–Crippen MR) is 371 cm³/mol. The zero-order valence-electron chi connectivity index (χ0n) is 54.1. The monoisotopic (exact) mass is 1390 g/mol. The van der Waals surface area contributed by atoms with Crippen LogP contribution in [-0.2, 0) is 60.5 Å². The molecule has 0 fully saturated rings. The van der Waals surface area contributed by atoms with Gasteiger partial charge in [0, 0.05) is 108 Å². The minimum Gasteiger partial charge on any atom is -0.377 e. The first-order valence-corrected chi connectivity index (χ1v) is 33.3. The summed E-state index contributed by atoms with van der Waals surface area (Å²) in [7, 11) is 4.17. The van der Waals surface area contributed by atoms with Crippen LogP contribution in [0.25, 0.3) is 0 Å². The molecule has 8 N–H and O–H groups in total. The maximum atomic E-state index is 12.1. The number of benzene rings is 4. The molecule has 0 aliphatic carbocycles. The van der Waals surface area contributed by atoms with E-state index in [4.69, 9.17) is 105 Å². The second-order valence-corrected chi connectivity index (χ2v) is 23.6. The van der Waals surface area contributed by atoms with Crippen LogP contribution in [0.5, 0.6) is 0 Å². The van der Waals surface area contributed by atoms with Crippen LogP contribution in [0.4, 0.5) is 9.59 Å². The summed E-state index contributed by atoms with van der Waals surface area (Å²) >= 11 is 26.0. The summed E-state index contributed by atoms with van der Waals surface area (Å²) in [6.45, 7) is 14.1. The standard InChI is InChI=1S/C66H94Cl4N12O12/c1-81-45-57(55-39-53(67)41-61(69)59(55)47-81)49-7-5-9-51(37-49)63(79-71)43-73-13-17-85-21-25-89-29-33-93-35-31-91-27-23-87-19-15-77-65(83)75-11-3-4-12-76-66(84)78-16-20-88-24-28-92-32-36-94-34-30-90-26-22-86-18-14-74-44-64(80-72)52-10-6-8-50(38-52)58-46-82(2)48-60-56(58)40-54(68)42-62(60)70/h5-10,37-44,57-58H,3-4,11-36,45-48,71-72H2,1-2H3,(H2,75,77,83)(H2,76,78,84). The van der Waals surface area contributed by atoms with Gasteiger partial charge < -0.3 is 90.1 Å². The molecule has 4 aromatic carbocycles. The van der Waals surface area contributed by atoms with Crippen molar-refractivity contribution in [2.24, 2.45) is 31.9 Å². The Labute approximate surface area is 573 Å². The van der Waals surface area contributed by atoms with Gasteiger partial charge in [-0.05, 0) is 96.7 Å². The van der Waals surface area contributed by atoms with Gasteiger partial charge in [-0.1, -0.05) is 82.8 Å². The van der Waals surface area contributed by atoms with Crippen LogP contribution in [0.2, 0.25) is 20.1 Å². The fourth-order valence-corrected chi connectivity index (χ4v) is 11.3. The highest BCUT2D eigenvalue weighted by Crippen LogP contribution is 2.40. The Kier molecular flexibility index (Phi) is 38.3. The Balaban J connectivity index is 0.614. The second-order valence-electron chi connectivity index (χ2n) is 22.0. The number of halogens is 4. The molecular formula is C66H94Cl4N12O12. The highest BCUT2D eigenvalue weighted by Gasteiger charge is 2.29. The van der Waals surface area contributed by atoms with Gasteiger partial charge in [0.1, 0.15) is 11.4 Å². The number of hydrogen-bond donors (Lipinski definition) is 6. The van der Waals surface area contributed by atoms with Gasteiger partial charge in [0.2, 0.25) is 0 Å². The summed E-state index contributed by atoms with van der Waals surface area (Å²) in [5.74, 6) is 11.8. The first-order chi connectivity index (χ1) is 45.9. The van der Waals surface area contributed by atoms with Gasteiger partial charge in [-0.15, -0.1) is 0 Å². The molecular weight excluding hydrogens is 1290 g/mol. The van der Waals surface area contributed by atoms with Crippen LogP contribution in [0, 0.1) is 0 Å². The van der Waals surface area contributed by atoms with Crippen LogP contribution in [0.15, 0.2) is 93.0 Å². The minimum atomic E-state index is -0.280. The quantitative estimate of drug-likeness (QED) is 0.0111. The number of nitrogens with zero attached hydrogens (tertiary/aromatic N) is 6. The number of hydrazone groups is 2. The third-order valence-corrected chi connectivity index (χ3v) is 15.9. The molecule has 24 nitrogen and oxygen atoms in total. The van der Waals surface area contributed by atoms with E-state index in [-0.39, 0.29) is 23.9 Å². The highest BCUT2D eigenvalue weighted by molar-refractivity contribution is 6.39. The average molecular weight is 1390 g/mol. The van der Waals surface area contributed by atoms with Gasteiger partial charge in [-0.2, -0.15) is 10.2 Å². The van der Waals surface area contributed by atoms with Gasteiger partial charge in [-0.3, -0.25) is 9.98 Å². The van der Waals surface area contributed by atoms with Crippen molar-refractivity contribution in [1.82, 2.24) is 31.1 Å². The molecule has 2 aliphatic heterocycles. The summed E-state index contributed by atoms with van der Waals surface area (Å²) in [5, 5.41) is 21.7. The van der Waals surface area contributed by atoms with E-state index >= 15 is 0 Å². The first kappa shape index (κ1) is 77.4. The van der Waals surface area contributed by atoms with E-state index in [0.29, 0.717) is 216 Å². The maximum Gasteiger partial charge on any atom is 0.314 e. The van der Waals surface area contributed by atoms with Crippen LogP contribution < -0.4 is 33.0 Å². The summed E-state index contributed by atoms with van der Waals surface area (Å²) in [5.41, 5.74) is 9.58. The SMILES string of the molecule is CN1Cc2c(Cl)cc(Cl)cc2C(c2cccc(C(C=NCCOCCOCCOCCOCCOCCNC(=O)NCCCCNC(=O)NCCOCCOCCOCCOCCOCCN=CC(=NN)c3cccc(C4CN(C)Cc5c(Cl)cc(Cl)cc54)c3)=NN)c2)C1. The molecule has 2 aliphatic rings. The normalized spacial score (nSPS) is 15.4. The van der Waals surface area contributed by atoms with Crippen LogP contribution in [0.1, 0.15) is 69.2 Å². The zero-order valence-corrected chi connectivity index (χ0v) is 57.1. The summed E-state index contributed by atoms with van der Waals surface area (Å²) in [6.07, 6.45) is 4.74. The van der Waals surface area contributed by atoms with Crippen LogP contribution in [-0.4, -0.2) is 244 Å². The highest BCUT2D eigenvalue weighted by atomic mass is 35.5. The molecule has 94 heavy (non-hydrogen) atoms. The van der Waals surface area contributed by atoms with E-state index in [1.807, 2.05) is 36.4 Å². The lowest BCUT2D eigenvalue weighted by atomic mass is 9.84. The first-order valence-electron chi connectivity index (χ1n) is 31.8. The van der Waals surface area contributed by atoms with E-state index in [9.17, 15) is 9.59 Å². The third-order valence-electron chi connectivity index (χ3n) is 14.8. The number of urea groups is 2. The lowest BCUT2D eigenvalue weighted by Crippen LogP contribution is -2.39. The number of carbonyl (C=O) groups excluding carboxylic acids is 2. The number of amides is 4. The third kappa shape index (κ3) is 29.8. The van der Waals surface area contributed by atoms with Crippen molar-refractivity contribution >= 4 is 82.3 Å². The molecule has 0 spiro atoms. The molecule has 518 valence electrons. The zero-order chi connectivity index (χ0) is 66.8. The van der Waals surface area contributed by atoms with E-state index < -0.39 is 0 Å². The van der Waals surface area contributed by atoms with Gasteiger partial charge in [-0.25, -0.2) is 9.59 Å². The number of rotatable bonds is 47. The number of hydrogen-bond acceptors (Lipinski definition) is 20. The Morgan fingerprint density at radius 2 is 0.777 bits per heavy atom. The number of unbranched alkanes of at least 4 members (excludes halogenated alkanes) is 1. The number of fused-ring (bicyclic) bond motifs is 2. The number of nitrogens with two attached hydrogens (primary N) is 2. The van der Waals surface area contributed by atoms with E-state index in [0.717, 1.165) is 70.7 Å². The number of carbonyl (C=O) groups is 2. The van der Waals surface area contributed by atoms with E-state index in [2.05, 4.69) is 89.6 Å². The number of likely N-dealkylation sites (N-methyl/N-ethyl adjacent to an activating group) is 2. The molecule has 0 bridgehead atoms. The molecule has 0 saturated heterocycles. The summed E-state index contributed by atoms with van der Waals surface area (Å²) in [6, 6.07) is 23.4. The Bertz CT molecular complexity index is 2800. The molecule has 28 heteroatoms. The van der Waals surface area contributed by atoms with Crippen molar-refractivity contribution in [3.8, 4) is 0 Å². The average Bonchev–Trinajstić information content (AvgIpc) is 0.846. The Hall–Kier alpha value is -5.62. The lowest BCUT2D eigenvalue weighted by Gasteiger charge is -2.33. The second kappa shape index (κ2) is 46.5. The van der Waals surface area contributed by atoms with Gasteiger partial charge in [0.25, 0.3) is 0 Å². The number of nitrogens with one attached hydrogen (secondary N) is 4. The fraction of sp³-hybridized carbons (Fsp3) is 0.545. The van der Waals surface area contributed by atoms with Crippen molar-refractivity contribution in [2.45, 2.75) is 37.8 Å². The largest absolute Gasteiger partial charge is 0.377 e. The number of aliphatic imine (C=N–C) groups is 2. The molecule has 6 rings (SSSR count). The molecule has 0 radical (unpaired) electrons. The smallest absolute Gasteiger partial charge is 0.314 e. The number of ether oxygens (including phenoxy) is 10. The predicted octanol–water partition coefficient (Wildman–Crippen LogP) is 7.17. The van der Waals surface area contributed by atoms with Crippen LogP contribution >= 0.6 is 46.4 Å². The maximum absolute atomic E-state index is 12.1. The van der Waals surface area contributed by atoms with E-state index in [1.165, 1.54) is 0 Å². The van der Waals surface area contributed by atoms with Crippen molar-refractivity contribution in [3.05, 3.63) is 137 Å². The van der Waals surface area contributed by atoms with Crippen molar-refractivity contribution in [3.63, 3.8) is 0 Å². The molecule has 0 aromatic heterocycles. The molecule has 2 unspecified atom stereocenters.